The number of aryl methyl sites for hydroxylation is 2. The van der Waals surface area contributed by atoms with E-state index in [0.717, 1.165) is 11.1 Å². The molecule has 0 unspecified atom stereocenters. The topological polar surface area (TPSA) is 72.2 Å². The van der Waals surface area contributed by atoms with Gasteiger partial charge in [-0.25, -0.2) is 0 Å². The molecule has 0 saturated heterocycles. The molecule has 0 aliphatic rings. The standard InChI is InChI=1S/C19H22N2O2/c1-12-8-9-15(10-13(12)2)18(22)16-6-4-5-7-17(16)19(23)21-14(3)11-20/h4-10,14H,11,20H2,1-3H3,(H,21,23)/t14-/m0/s1. The zero-order chi connectivity index (χ0) is 17.0. The van der Waals surface area contributed by atoms with Crippen molar-refractivity contribution in [3.05, 3.63) is 70.3 Å². The number of amides is 1. The van der Waals surface area contributed by atoms with Crippen LogP contribution in [-0.2, 0) is 0 Å². The van der Waals surface area contributed by atoms with E-state index in [2.05, 4.69) is 5.32 Å². The van der Waals surface area contributed by atoms with Gasteiger partial charge in [0.15, 0.2) is 5.78 Å². The van der Waals surface area contributed by atoms with E-state index in [9.17, 15) is 9.59 Å². The van der Waals surface area contributed by atoms with Gasteiger partial charge in [-0.3, -0.25) is 9.59 Å². The van der Waals surface area contributed by atoms with Gasteiger partial charge >= 0.3 is 0 Å². The van der Waals surface area contributed by atoms with Crippen molar-refractivity contribution in [2.45, 2.75) is 26.8 Å². The zero-order valence-electron chi connectivity index (χ0n) is 13.7. The Bertz CT molecular complexity index is 738. The monoisotopic (exact) mass is 310 g/mol. The number of rotatable bonds is 5. The molecule has 0 bridgehead atoms. The predicted molar refractivity (Wildman–Crippen MR) is 91.8 cm³/mol. The smallest absolute Gasteiger partial charge is 0.252 e. The molecule has 0 aliphatic heterocycles. The van der Waals surface area contributed by atoms with E-state index in [1.165, 1.54) is 0 Å². The normalized spacial score (nSPS) is 11.8. The third-order valence-electron chi connectivity index (χ3n) is 3.92. The highest BCUT2D eigenvalue weighted by molar-refractivity contribution is 6.15. The van der Waals surface area contributed by atoms with E-state index in [1.54, 1.807) is 30.3 Å². The van der Waals surface area contributed by atoms with Crippen molar-refractivity contribution in [2.24, 2.45) is 5.73 Å². The Labute approximate surface area is 136 Å². The molecular formula is C19H22N2O2. The number of carbonyl (C=O) groups is 2. The maximum atomic E-state index is 12.8. The number of benzene rings is 2. The molecule has 0 fully saturated rings. The first-order valence-electron chi connectivity index (χ1n) is 7.66. The quantitative estimate of drug-likeness (QED) is 0.834. The molecule has 0 aliphatic carbocycles. The lowest BCUT2D eigenvalue weighted by molar-refractivity contribution is 0.0931. The average molecular weight is 310 g/mol. The SMILES string of the molecule is Cc1ccc(C(=O)c2ccccc2C(=O)N[C@@H](C)CN)cc1C. The molecule has 3 N–H and O–H groups in total. The van der Waals surface area contributed by atoms with Crippen LogP contribution in [0.5, 0.6) is 0 Å². The summed E-state index contributed by atoms with van der Waals surface area (Å²) in [5.74, 6) is -0.435. The van der Waals surface area contributed by atoms with Gasteiger partial charge in [-0.2, -0.15) is 0 Å². The van der Waals surface area contributed by atoms with E-state index < -0.39 is 0 Å². The molecule has 120 valence electrons. The van der Waals surface area contributed by atoms with Gasteiger partial charge in [0.1, 0.15) is 0 Å². The summed E-state index contributed by atoms with van der Waals surface area (Å²) in [6, 6.07) is 12.3. The second-order valence-corrected chi connectivity index (χ2v) is 5.78. The van der Waals surface area contributed by atoms with Crippen LogP contribution in [0.2, 0.25) is 0 Å². The van der Waals surface area contributed by atoms with Gasteiger partial charge in [0.2, 0.25) is 0 Å². The molecule has 2 aromatic rings. The first-order chi connectivity index (χ1) is 10.9. The van der Waals surface area contributed by atoms with Crippen molar-refractivity contribution in [3.63, 3.8) is 0 Å². The summed E-state index contributed by atoms with van der Waals surface area (Å²) >= 11 is 0. The molecular weight excluding hydrogens is 288 g/mol. The van der Waals surface area contributed by atoms with Gasteiger partial charge in [0.05, 0.1) is 5.56 Å². The number of nitrogens with two attached hydrogens (primary N) is 1. The van der Waals surface area contributed by atoms with Gasteiger partial charge in [-0.05, 0) is 44.0 Å². The molecule has 0 radical (unpaired) electrons. The lowest BCUT2D eigenvalue weighted by Crippen LogP contribution is -2.38. The van der Waals surface area contributed by atoms with Crippen LogP contribution < -0.4 is 11.1 Å². The van der Waals surface area contributed by atoms with Crippen LogP contribution in [0.1, 0.15) is 44.3 Å². The van der Waals surface area contributed by atoms with Crippen LogP contribution in [0, 0.1) is 13.8 Å². The Balaban J connectivity index is 2.37. The Kier molecular flexibility index (Phi) is 5.29. The maximum Gasteiger partial charge on any atom is 0.252 e. The number of ketones is 1. The summed E-state index contributed by atoms with van der Waals surface area (Å²) in [6.07, 6.45) is 0. The summed E-state index contributed by atoms with van der Waals surface area (Å²) in [5, 5.41) is 2.80. The Hall–Kier alpha value is -2.46. The first-order valence-corrected chi connectivity index (χ1v) is 7.66. The van der Waals surface area contributed by atoms with Crippen molar-refractivity contribution >= 4 is 11.7 Å². The first kappa shape index (κ1) is 16.9. The number of hydrogen-bond donors (Lipinski definition) is 2. The van der Waals surface area contributed by atoms with E-state index >= 15 is 0 Å². The van der Waals surface area contributed by atoms with Crippen LogP contribution in [0.3, 0.4) is 0 Å². The number of hydrogen-bond acceptors (Lipinski definition) is 3. The second kappa shape index (κ2) is 7.20. The minimum atomic E-state index is -0.282. The molecule has 0 saturated carbocycles. The van der Waals surface area contributed by atoms with Crippen molar-refractivity contribution in [2.75, 3.05) is 6.54 Å². The molecule has 2 rings (SSSR count). The Morgan fingerprint density at radius 2 is 1.70 bits per heavy atom. The van der Waals surface area contributed by atoms with Gasteiger partial charge < -0.3 is 11.1 Å². The van der Waals surface area contributed by atoms with Crippen molar-refractivity contribution in [1.29, 1.82) is 0 Å². The molecule has 1 amide bonds. The third-order valence-corrected chi connectivity index (χ3v) is 3.92. The van der Waals surface area contributed by atoms with Crippen LogP contribution in [-0.4, -0.2) is 24.3 Å². The number of nitrogens with one attached hydrogen (secondary N) is 1. The maximum absolute atomic E-state index is 12.8. The second-order valence-electron chi connectivity index (χ2n) is 5.78. The number of carbonyl (C=O) groups excluding carboxylic acids is 2. The van der Waals surface area contributed by atoms with Crippen molar-refractivity contribution < 1.29 is 9.59 Å². The fourth-order valence-corrected chi connectivity index (χ4v) is 2.28. The molecule has 4 nitrogen and oxygen atoms in total. The fraction of sp³-hybridized carbons (Fsp3) is 0.263. The van der Waals surface area contributed by atoms with Crippen molar-refractivity contribution in [1.82, 2.24) is 5.32 Å². The van der Waals surface area contributed by atoms with Crippen LogP contribution in [0.4, 0.5) is 0 Å². The molecule has 4 heteroatoms. The van der Waals surface area contributed by atoms with Crippen LogP contribution in [0.25, 0.3) is 0 Å². The zero-order valence-corrected chi connectivity index (χ0v) is 13.7. The summed E-state index contributed by atoms with van der Waals surface area (Å²) in [4.78, 5) is 25.2. The van der Waals surface area contributed by atoms with E-state index in [0.29, 0.717) is 23.2 Å². The molecule has 1 atom stereocenters. The predicted octanol–water partition coefficient (Wildman–Crippen LogP) is 2.61. The molecule has 23 heavy (non-hydrogen) atoms. The Morgan fingerprint density at radius 1 is 1.04 bits per heavy atom. The summed E-state index contributed by atoms with van der Waals surface area (Å²) in [7, 11) is 0. The van der Waals surface area contributed by atoms with Crippen LogP contribution >= 0.6 is 0 Å². The highest BCUT2D eigenvalue weighted by Gasteiger charge is 2.19. The van der Waals surface area contributed by atoms with Gasteiger partial charge in [-0.15, -0.1) is 0 Å². The highest BCUT2D eigenvalue weighted by atomic mass is 16.2. The summed E-state index contributed by atoms with van der Waals surface area (Å²) in [5.41, 5.74) is 9.07. The highest BCUT2D eigenvalue weighted by Crippen LogP contribution is 2.17. The minimum absolute atomic E-state index is 0.146. The molecule has 2 aromatic carbocycles. The van der Waals surface area contributed by atoms with E-state index in [-0.39, 0.29) is 17.7 Å². The van der Waals surface area contributed by atoms with E-state index in [1.807, 2.05) is 32.9 Å². The molecule has 0 heterocycles. The minimum Gasteiger partial charge on any atom is -0.348 e. The summed E-state index contributed by atoms with van der Waals surface area (Å²) < 4.78 is 0. The Morgan fingerprint density at radius 3 is 2.30 bits per heavy atom. The van der Waals surface area contributed by atoms with E-state index in [4.69, 9.17) is 5.73 Å². The van der Waals surface area contributed by atoms with Crippen molar-refractivity contribution in [3.8, 4) is 0 Å². The lowest BCUT2D eigenvalue weighted by Gasteiger charge is -2.14. The fourth-order valence-electron chi connectivity index (χ4n) is 2.28. The summed E-state index contributed by atoms with van der Waals surface area (Å²) in [6.45, 7) is 6.14. The van der Waals surface area contributed by atoms with Crippen LogP contribution in [0.15, 0.2) is 42.5 Å². The van der Waals surface area contributed by atoms with Gasteiger partial charge in [0.25, 0.3) is 5.91 Å². The molecule has 0 aromatic heterocycles. The lowest BCUT2D eigenvalue weighted by atomic mass is 9.95. The van der Waals surface area contributed by atoms with Gasteiger partial charge in [0, 0.05) is 23.7 Å². The third kappa shape index (κ3) is 3.85. The van der Waals surface area contributed by atoms with Gasteiger partial charge in [-0.1, -0.05) is 30.3 Å². The average Bonchev–Trinajstić information content (AvgIpc) is 2.56. The molecule has 0 spiro atoms. The largest absolute Gasteiger partial charge is 0.348 e.